The molecule has 0 amide bonds. The van der Waals surface area contributed by atoms with Gasteiger partial charge in [-0.05, 0) is 25.5 Å². The molecule has 0 spiro atoms. The largest absolute Gasteiger partial charge is 0.374 e. The maximum atomic E-state index is 5.59. The molecule has 0 aromatic heterocycles. The molecule has 1 unspecified atom stereocenters. The third-order valence-corrected chi connectivity index (χ3v) is 1.97. The molecule has 1 atom stereocenters. The lowest BCUT2D eigenvalue weighted by molar-refractivity contribution is 0.0580. The van der Waals surface area contributed by atoms with Gasteiger partial charge in [0.25, 0.3) is 0 Å². The second kappa shape index (κ2) is 5.73. The molecule has 13 heavy (non-hydrogen) atoms. The Labute approximate surface area is 79.7 Å². The molecule has 0 saturated heterocycles. The number of ether oxygens (including phenoxy) is 1. The van der Waals surface area contributed by atoms with E-state index in [0.29, 0.717) is 6.54 Å². The zero-order valence-corrected chi connectivity index (χ0v) is 8.07. The zero-order valence-electron chi connectivity index (χ0n) is 8.07. The molecule has 0 saturated carbocycles. The van der Waals surface area contributed by atoms with Gasteiger partial charge in [0.15, 0.2) is 0 Å². The highest BCUT2D eigenvalue weighted by atomic mass is 16.5. The summed E-state index contributed by atoms with van der Waals surface area (Å²) in [5, 5.41) is 0. The molecule has 2 heteroatoms. The van der Waals surface area contributed by atoms with E-state index in [1.807, 2.05) is 25.1 Å². The predicted octanol–water partition coefficient (Wildman–Crippen LogP) is 2.11. The van der Waals surface area contributed by atoms with Crippen LogP contribution in [-0.4, -0.2) is 13.2 Å². The Morgan fingerprint density at radius 1 is 1.31 bits per heavy atom. The van der Waals surface area contributed by atoms with Crippen molar-refractivity contribution in [1.29, 1.82) is 0 Å². The Bertz CT molecular complexity index is 217. The molecule has 1 aromatic carbocycles. The molecule has 2 nitrogen and oxygen atoms in total. The highest BCUT2D eigenvalue weighted by Gasteiger charge is 2.08. The summed E-state index contributed by atoms with van der Waals surface area (Å²) >= 11 is 0. The molecule has 0 aliphatic heterocycles. The van der Waals surface area contributed by atoms with Gasteiger partial charge in [-0.3, -0.25) is 0 Å². The molecule has 1 rings (SSSR count). The molecule has 0 aliphatic rings. The van der Waals surface area contributed by atoms with Crippen molar-refractivity contribution in [1.82, 2.24) is 0 Å². The van der Waals surface area contributed by atoms with Crippen LogP contribution in [0.2, 0.25) is 0 Å². The average Bonchev–Trinajstić information content (AvgIpc) is 2.19. The van der Waals surface area contributed by atoms with Crippen LogP contribution in [0.5, 0.6) is 0 Å². The fourth-order valence-electron chi connectivity index (χ4n) is 1.37. The van der Waals surface area contributed by atoms with Gasteiger partial charge in [0, 0.05) is 6.61 Å². The van der Waals surface area contributed by atoms with Crippen LogP contribution in [0.1, 0.15) is 25.0 Å². The predicted molar refractivity (Wildman–Crippen MR) is 54.5 cm³/mol. The van der Waals surface area contributed by atoms with E-state index in [2.05, 4.69) is 12.1 Å². The Morgan fingerprint density at radius 3 is 2.54 bits per heavy atom. The summed E-state index contributed by atoms with van der Waals surface area (Å²) in [5.41, 5.74) is 6.73. The summed E-state index contributed by atoms with van der Waals surface area (Å²) in [6.07, 6.45) is 1.05. The minimum Gasteiger partial charge on any atom is -0.374 e. The van der Waals surface area contributed by atoms with Crippen molar-refractivity contribution in [2.75, 3.05) is 13.2 Å². The van der Waals surface area contributed by atoms with Gasteiger partial charge in [0.05, 0.1) is 6.10 Å². The quantitative estimate of drug-likeness (QED) is 0.751. The molecule has 0 heterocycles. The number of benzene rings is 1. The third kappa shape index (κ3) is 3.17. The van der Waals surface area contributed by atoms with Crippen LogP contribution in [0.25, 0.3) is 0 Å². The van der Waals surface area contributed by atoms with Gasteiger partial charge < -0.3 is 10.5 Å². The molecular formula is C11H17NO. The van der Waals surface area contributed by atoms with Crippen molar-refractivity contribution in [3.8, 4) is 0 Å². The second-order valence-corrected chi connectivity index (χ2v) is 2.93. The first kappa shape index (κ1) is 10.2. The Morgan fingerprint density at radius 2 is 2.00 bits per heavy atom. The van der Waals surface area contributed by atoms with Crippen LogP contribution >= 0.6 is 0 Å². The lowest BCUT2D eigenvalue weighted by Crippen LogP contribution is -2.10. The maximum absolute atomic E-state index is 5.59. The number of hydrogen-bond donors (Lipinski definition) is 1. The van der Waals surface area contributed by atoms with Crippen molar-refractivity contribution in [3.05, 3.63) is 35.9 Å². The maximum Gasteiger partial charge on any atom is 0.0836 e. The minimum atomic E-state index is 0.163. The molecule has 0 aliphatic carbocycles. The van der Waals surface area contributed by atoms with Crippen molar-refractivity contribution < 1.29 is 4.74 Å². The van der Waals surface area contributed by atoms with Crippen LogP contribution in [0.15, 0.2) is 30.3 Å². The number of nitrogens with two attached hydrogens (primary N) is 1. The van der Waals surface area contributed by atoms with Gasteiger partial charge in [-0.2, -0.15) is 0 Å². The first-order valence-electron chi connectivity index (χ1n) is 4.75. The van der Waals surface area contributed by atoms with E-state index < -0.39 is 0 Å². The monoisotopic (exact) mass is 179 g/mol. The van der Waals surface area contributed by atoms with Crippen LogP contribution < -0.4 is 5.73 Å². The normalized spacial score (nSPS) is 12.8. The molecule has 72 valence electrons. The molecule has 0 radical (unpaired) electrons. The van der Waals surface area contributed by atoms with Gasteiger partial charge >= 0.3 is 0 Å². The number of hydrogen-bond acceptors (Lipinski definition) is 2. The highest BCUT2D eigenvalue weighted by Crippen LogP contribution is 2.19. The summed E-state index contributed by atoms with van der Waals surface area (Å²) in [6.45, 7) is 3.41. The van der Waals surface area contributed by atoms with Crippen LogP contribution in [0, 0.1) is 0 Å². The van der Waals surface area contributed by atoms with E-state index in [0.717, 1.165) is 13.0 Å². The van der Waals surface area contributed by atoms with Crippen molar-refractivity contribution in [2.24, 2.45) is 5.73 Å². The van der Waals surface area contributed by atoms with Crippen molar-refractivity contribution in [2.45, 2.75) is 19.4 Å². The zero-order chi connectivity index (χ0) is 9.52. The standard InChI is InChI=1S/C11H17NO/c1-2-13-11(8-9-12)10-6-4-3-5-7-10/h3-7,11H,2,8-9,12H2,1H3. The van der Waals surface area contributed by atoms with Crippen LogP contribution in [0.4, 0.5) is 0 Å². The van der Waals surface area contributed by atoms with E-state index in [9.17, 15) is 0 Å². The topological polar surface area (TPSA) is 35.2 Å². The summed E-state index contributed by atoms with van der Waals surface area (Å²) in [5.74, 6) is 0. The number of rotatable bonds is 5. The lowest BCUT2D eigenvalue weighted by Gasteiger charge is -2.16. The van der Waals surface area contributed by atoms with Gasteiger partial charge in [0.2, 0.25) is 0 Å². The van der Waals surface area contributed by atoms with Crippen molar-refractivity contribution in [3.63, 3.8) is 0 Å². The molecule has 1 aromatic rings. The minimum absolute atomic E-state index is 0.163. The fourth-order valence-corrected chi connectivity index (χ4v) is 1.37. The molecule has 2 N–H and O–H groups in total. The first-order chi connectivity index (χ1) is 6.38. The SMILES string of the molecule is CCOC(CCN)c1ccccc1. The van der Waals surface area contributed by atoms with E-state index in [1.54, 1.807) is 0 Å². The van der Waals surface area contributed by atoms with E-state index in [1.165, 1.54) is 5.56 Å². The first-order valence-corrected chi connectivity index (χ1v) is 4.75. The molecule has 0 bridgehead atoms. The average molecular weight is 179 g/mol. The summed E-state index contributed by atoms with van der Waals surface area (Å²) in [7, 11) is 0. The van der Waals surface area contributed by atoms with Gasteiger partial charge in [-0.25, -0.2) is 0 Å². The lowest BCUT2D eigenvalue weighted by atomic mass is 10.1. The van der Waals surface area contributed by atoms with E-state index >= 15 is 0 Å². The Balaban J connectivity index is 2.64. The second-order valence-electron chi connectivity index (χ2n) is 2.93. The molecule has 0 fully saturated rings. The summed E-state index contributed by atoms with van der Waals surface area (Å²) in [6, 6.07) is 10.2. The Hall–Kier alpha value is -0.860. The van der Waals surface area contributed by atoms with Crippen LogP contribution in [-0.2, 0) is 4.74 Å². The summed E-state index contributed by atoms with van der Waals surface area (Å²) in [4.78, 5) is 0. The smallest absolute Gasteiger partial charge is 0.0836 e. The van der Waals surface area contributed by atoms with Gasteiger partial charge in [-0.15, -0.1) is 0 Å². The molecular weight excluding hydrogens is 162 g/mol. The van der Waals surface area contributed by atoms with Gasteiger partial charge in [-0.1, -0.05) is 30.3 Å². The van der Waals surface area contributed by atoms with E-state index in [4.69, 9.17) is 10.5 Å². The third-order valence-electron chi connectivity index (χ3n) is 1.97. The van der Waals surface area contributed by atoms with Crippen molar-refractivity contribution >= 4 is 0 Å². The highest BCUT2D eigenvalue weighted by molar-refractivity contribution is 5.17. The van der Waals surface area contributed by atoms with Gasteiger partial charge in [0.1, 0.15) is 0 Å². The van der Waals surface area contributed by atoms with E-state index in [-0.39, 0.29) is 6.10 Å². The fraction of sp³-hybridized carbons (Fsp3) is 0.455. The van der Waals surface area contributed by atoms with Crippen LogP contribution in [0.3, 0.4) is 0 Å². The summed E-state index contributed by atoms with van der Waals surface area (Å²) < 4.78 is 5.59. The Kier molecular flexibility index (Phi) is 4.50.